The summed E-state index contributed by atoms with van der Waals surface area (Å²) in [6, 6.07) is 6.67. The van der Waals surface area contributed by atoms with Crippen molar-refractivity contribution >= 4 is 0 Å². The minimum absolute atomic E-state index is 0.0535. The number of hydrogen-bond acceptors (Lipinski definition) is 2. The normalized spacial score (nSPS) is 14.9. The minimum atomic E-state index is -0.331. The van der Waals surface area contributed by atoms with Crippen molar-refractivity contribution < 1.29 is 9.50 Å². The maximum atomic E-state index is 13.3. The van der Waals surface area contributed by atoms with Gasteiger partial charge in [-0.05, 0) is 19.4 Å². The zero-order valence-electron chi connectivity index (χ0n) is 9.26. The van der Waals surface area contributed by atoms with E-state index < -0.39 is 0 Å². The van der Waals surface area contributed by atoms with Gasteiger partial charge in [0.05, 0.1) is 6.61 Å². The molecule has 0 spiro atoms. The van der Waals surface area contributed by atoms with E-state index in [2.05, 4.69) is 5.32 Å². The van der Waals surface area contributed by atoms with E-state index >= 15 is 0 Å². The Kier molecular flexibility index (Phi) is 4.24. The van der Waals surface area contributed by atoms with Gasteiger partial charge in [0, 0.05) is 17.6 Å². The Morgan fingerprint density at radius 3 is 2.60 bits per heavy atom. The zero-order valence-corrected chi connectivity index (χ0v) is 9.26. The predicted molar refractivity (Wildman–Crippen MR) is 59.0 cm³/mol. The quantitative estimate of drug-likeness (QED) is 0.781. The van der Waals surface area contributed by atoms with Gasteiger partial charge < -0.3 is 10.4 Å². The SMILES string of the molecule is CCC(C)(CO)NCc1ccccc1F. The molecule has 0 amide bonds. The van der Waals surface area contributed by atoms with Gasteiger partial charge >= 0.3 is 0 Å². The molecule has 15 heavy (non-hydrogen) atoms. The van der Waals surface area contributed by atoms with Crippen molar-refractivity contribution in [3.05, 3.63) is 35.6 Å². The Hall–Kier alpha value is -0.930. The van der Waals surface area contributed by atoms with Crippen LogP contribution in [0.15, 0.2) is 24.3 Å². The summed E-state index contributed by atoms with van der Waals surface area (Å²) in [5.74, 6) is -0.207. The molecule has 0 heterocycles. The van der Waals surface area contributed by atoms with Gasteiger partial charge in [0.25, 0.3) is 0 Å². The predicted octanol–water partition coefficient (Wildman–Crippen LogP) is 2.08. The first-order valence-corrected chi connectivity index (χ1v) is 5.20. The van der Waals surface area contributed by atoms with Crippen molar-refractivity contribution in [1.29, 1.82) is 0 Å². The lowest BCUT2D eigenvalue weighted by Gasteiger charge is -2.27. The number of benzene rings is 1. The van der Waals surface area contributed by atoms with E-state index in [1.165, 1.54) is 6.07 Å². The van der Waals surface area contributed by atoms with Crippen LogP contribution in [0.25, 0.3) is 0 Å². The summed E-state index contributed by atoms with van der Waals surface area (Å²) in [4.78, 5) is 0. The second-order valence-electron chi connectivity index (χ2n) is 4.02. The number of hydrogen-bond donors (Lipinski definition) is 2. The first kappa shape index (κ1) is 12.1. The number of rotatable bonds is 5. The minimum Gasteiger partial charge on any atom is -0.394 e. The zero-order chi connectivity index (χ0) is 11.3. The Balaban J connectivity index is 2.61. The van der Waals surface area contributed by atoms with Crippen LogP contribution in [0.4, 0.5) is 4.39 Å². The van der Waals surface area contributed by atoms with Crippen LogP contribution in [-0.2, 0) is 6.54 Å². The fourth-order valence-corrected chi connectivity index (χ4v) is 1.24. The molecule has 1 unspecified atom stereocenters. The third-order valence-corrected chi connectivity index (χ3v) is 2.79. The smallest absolute Gasteiger partial charge is 0.127 e. The molecule has 3 heteroatoms. The monoisotopic (exact) mass is 211 g/mol. The van der Waals surface area contributed by atoms with Crippen molar-refractivity contribution in [3.63, 3.8) is 0 Å². The molecular weight excluding hydrogens is 193 g/mol. The molecule has 0 aliphatic heterocycles. The van der Waals surface area contributed by atoms with Gasteiger partial charge in [0.1, 0.15) is 5.82 Å². The van der Waals surface area contributed by atoms with Gasteiger partial charge in [0.2, 0.25) is 0 Å². The molecule has 0 saturated heterocycles. The van der Waals surface area contributed by atoms with Gasteiger partial charge in [-0.1, -0.05) is 25.1 Å². The Labute approximate surface area is 90.1 Å². The second-order valence-corrected chi connectivity index (χ2v) is 4.02. The molecule has 84 valence electrons. The topological polar surface area (TPSA) is 32.3 Å². The molecule has 1 aromatic carbocycles. The largest absolute Gasteiger partial charge is 0.394 e. The summed E-state index contributed by atoms with van der Waals surface area (Å²) >= 11 is 0. The van der Waals surface area contributed by atoms with Gasteiger partial charge in [-0.3, -0.25) is 0 Å². The van der Waals surface area contributed by atoms with Crippen LogP contribution in [0.1, 0.15) is 25.8 Å². The number of aliphatic hydroxyl groups is 1. The molecule has 0 radical (unpaired) electrons. The fourth-order valence-electron chi connectivity index (χ4n) is 1.24. The highest BCUT2D eigenvalue weighted by Crippen LogP contribution is 2.11. The second kappa shape index (κ2) is 5.24. The summed E-state index contributed by atoms with van der Waals surface area (Å²) in [6.07, 6.45) is 0.804. The van der Waals surface area contributed by atoms with Crippen LogP contribution in [0.3, 0.4) is 0 Å². The first-order chi connectivity index (χ1) is 7.11. The van der Waals surface area contributed by atoms with E-state index in [0.717, 1.165) is 6.42 Å². The van der Waals surface area contributed by atoms with Crippen LogP contribution in [-0.4, -0.2) is 17.3 Å². The third kappa shape index (κ3) is 3.29. The highest BCUT2D eigenvalue weighted by atomic mass is 19.1. The van der Waals surface area contributed by atoms with Crippen molar-refractivity contribution in [2.75, 3.05) is 6.61 Å². The summed E-state index contributed by atoms with van der Waals surface area (Å²) in [7, 11) is 0. The molecule has 0 aliphatic rings. The van der Waals surface area contributed by atoms with Crippen LogP contribution in [0.5, 0.6) is 0 Å². The molecule has 1 aromatic rings. The van der Waals surface area contributed by atoms with Gasteiger partial charge in [-0.15, -0.1) is 0 Å². The standard InChI is InChI=1S/C12H18FNO/c1-3-12(2,9-15)14-8-10-6-4-5-7-11(10)13/h4-7,14-15H,3,8-9H2,1-2H3. The molecule has 0 fully saturated rings. The van der Waals surface area contributed by atoms with E-state index in [0.29, 0.717) is 12.1 Å². The third-order valence-electron chi connectivity index (χ3n) is 2.79. The molecule has 0 bridgehead atoms. The maximum absolute atomic E-state index is 13.3. The summed E-state index contributed by atoms with van der Waals surface area (Å²) in [6.45, 7) is 4.41. The molecule has 0 saturated carbocycles. The summed E-state index contributed by atoms with van der Waals surface area (Å²) < 4.78 is 13.3. The molecular formula is C12H18FNO. The fraction of sp³-hybridized carbons (Fsp3) is 0.500. The highest BCUT2D eigenvalue weighted by molar-refractivity contribution is 5.17. The van der Waals surface area contributed by atoms with Gasteiger partial charge in [0.15, 0.2) is 0 Å². The molecule has 1 rings (SSSR count). The van der Waals surface area contributed by atoms with E-state index in [4.69, 9.17) is 0 Å². The van der Waals surface area contributed by atoms with E-state index in [1.54, 1.807) is 12.1 Å². The van der Waals surface area contributed by atoms with Crippen LogP contribution in [0.2, 0.25) is 0 Å². The highest BCUT2D eigenvalue weighted by Gasteiger charge is 2.19. The first-order valence-electron chi connectivity index (χ1n) is 5.20. The van der Waals surface area contributed by atoms with Crippen molar-refractivity contribution in [2.24, 2.45) is 0 Å². The van der Waals surface area contributed by atoms with Crippen molar-refractivity contribution in [3.8, 4) is 0 Å². The molecule has 2 N–H and O–H groups in total. The van der Waals surface area contributed by atoms with Crippen LogP contribution < -0.4 is 5.32 Å². The van der Waals surface area contributed by atoms with Gasteiger partial charge in [-0.2, -0.15) is 0 Å². The Morgan fingerprint density at radius 1 is 1.40 bits per heavy atom. The van der Waals surface area contributed by atoms with Gasteiger partial charge in [-0.25, -0.2) is 4.39 Å². The van der Waals surface area contributed by atoms with Crippen molar-refractivity contribution in [1.82, 2.24) is 5.32 Å². The average Bonchev–Trinajstić information content (AvgIpc) is 2.28. The number of halogens is 1. The van der Waals surface area contributed by atoms with Crippen molar-refractivity contribution in [2.45, 2.75) is 32.4 Å². The lowest BCUT2D eigenvalue weighted by molar-refractivity contribution is 0.168. The molecule has 2 nitrogen and oxygen atoms in total. The maximum Gasteiger partial charge on any atom is 0.127 e. The van der Waals surface area contributed by atoms with Crippen LogP contribution >= 0.6 is 0 Å². The van der Waals surface area contributed by atoms with Crippen LogP contribution in [0, 0.1) is 5.82 Å². The Bertz CT molecular complexity index is 310. The Morgan fingerprint density at radius 2 is 2.07 bits per heavy atom. The molecule has 0 aromatic heterocycles. The molecule has 1 atom stereocenters. The van der Waals surface area contributed by atoms with E-state index in [9.17, 15) is 9.50 Å². The molecule has 0 aliphatic carbocycles. The number of aliphatic hydroxyl groups excluding tert-OH is 1. The number of nitrogens with one attached hydrogen (secondary N) is 1. The lowest BCUT2D eigenvalue weighted by Crippen LogP contribution is -2.44. The lowest BCUT2D eigenvalue weighted by atomic mass is 10.00. The summed E-state index contributed by atoms with van der Waals surface area (Å²) in [5.41, 5.74) is 0.299. The van der Waals surface area contributed by atoms with E-state index in [-0.39, 0.29) is 18.0 Å². The average molecular weight is 211 g/mol. The van der Waals surface area contributed by atoms with E-state index in [1.807, 2.05) is 19.9 Å². The summed E-state index contributed by atoms with van der Waals surface area (Å²) in [5, 5.41) is 12.3.